The lowest BCUT2D eigenvalue weighted by atomic mass is 10.2. The highest BCUT2D eigenvalue weighted by molar-refractivity contribution is 6.32. The monoisotopic (exact) mass is 281 g/mol. The van der Waals surface area contributed by atoms with Gasteiger partial charge in [-0.2, -0.15) is 0 Å². The van der Waals surface area contributed by atoms with Crippen molar-refractivity contribution in [3.63, 3.8) is 0 Å². The third-order valence-corrected chi connectivity index (χ3v) is 3.35. The fourth-order valence-electron chi connectivity index (χ4n) is 2.13. The number of carbonyl (C=O) groups is 2. The Morgan fingerprint density at radius 2 is 2.42 bits per heavy atom. The summed E-state index contributed by atoms with van der Waals surface area (Å²) in [4.78, 5) is 29.1. The number of amides is 2. The summed E-state index contributed by atoms with van der Waals surface area (Å²) >= 11 is 5.86. The molecule has 0 saturated carbocycles. The summed E-state index contributed by atoms with van der Waals surface area (Å²) in [5.41, 5.74) is 0.351. The van der Waals surface area contributed by atoms with Crippen LogP contribution in [-0.2, 0) is 4.79 Å². The Balaban J connectivity index is 1.92. The molecule has 0 aromatic carbocycles. The molecule has 1 aliphatic heterocycles. The quantitative estimate of drug-likeness (QED) is 0.850. The van der Waals surface area contributed by atoms with E-state index in [1.807, 2.05) is 6.92 Å². The molecule has 1 N–H and O–H groups in total. The number of rotatable bonds is 4. The molecule has 1 unspecified atom stereocenters. The van der Waals surface area contributed by atoms with Gasteiger partial charge in [-0.05, 0) is 25.5 Å². The summed E-state index contributed by atoms with van der Waals surface area (Å²) in [6.07, 6.45) is 3.04. The van der Waals surface area contributed by atoms with Crippen LogP contribution in [0.3, 0.4) is 0 Å². The van der Waals surface area contributed by atoms with Gasteiger partial charge in [0.1, 0.15) is 5.15 Å². The zero-order valence-electron chi connectivity index (χ0n) is 10.7. The first-order chi connectivity index (χ1) is 9.08. The van der Waals surface area contributed by atoms with Crippen molar-refractivity contribution >= 4 is 23.4 Å². The van der Waals surface area contributed by atoms with Crippen LogP contribution in [0.2, 0.25) is 5.15 Å². The molecule has 6 heteroatoms. The standard InChI is InChI=1S/C13H16ClN3O2/c1-9(8-17-7-3-5-11(17)18)16-13(19)10-4-2-6-15-12(10)14/h2,4,6,9H,3,5,7-8H2,1H3,(H,16,19). The Labute approximate surface area is 117 Å². The van der Waals surface area contributed by atoms with E-state index in [4.69, 9.17) is 11.6 Å². The summed E-state index contributed by atoms with van der Waals surface area (Å²) in [6, 6.07) is 3.17. The Bertz CT molecular complexity index is 493. The fraction of sp³-hybridized carbons (Fsp3) is 0.462. The largest absolute Gasteiger partial charge is 0.348 e. The minimum Gasteiger partial charge on any atom is -0.348 e. The van der Waals surface area contributed by atoms with Crippen molar-refractivity contribution in [2.45, 2.75) is 25.8 Å². The first-order valence-corrected chi connectivity index (χ1v) is 6.65. The smallest absolute Gasteiger partial charge is 0.254 e. The second kappa shape index (κ2) is 6.02. The van der Waals surface area contributed by atoms with Gasteiger partial charge in [0.05, 0.1) is 5.56 Å². The van der Waals surface area contributed by atoms with Crippen molar-refractivity contribution in [1.82, 2.24) is 15.2 Å². The van der Waals surface area contributed by atoms with Crippen molar-refractivity contribution < 1.29 is 9.59 Å². The Hall–Kier alpha value is -1.62. The molecule has 1 aromatic rings. The predicted molar refractivity (Wildman–Crippen MR) is 72.0 cm³/mol. The lowest BCUT2D eigenvalue weighted by Crippen LogP contribution is -2.42. The van der Waals surface area contributed by atoms with Gasteiger partial charge in [0, 0.05) is 31.7 Å². The van der Waals surface area contributed by atoms with Crippen LogP contribution in [-0.4, -0.2) is 40.8 Å². The zero-order chi connectivity index (χ0) is 13.8. The van der Waals surface area contributed by atoms with Crippen molar-refractivity contribution in [2.75, 3.05) is 13.1 Å². The number of likely N-dealkylation sites (tertiary alicyclic amines) is 1. The summed E-state index contributed by atoms with van der Waals surface area (Å²) in [5.74, 6) is -0.113. The van der Waals surface area contributed by atoms with Crippen LogP contribution >= 0.6 is 11.6 Å². The number of hydrogen-bond donors (Lipinski definition) is 1. The third-order valence-electron chi connectivity index (χ3n) is 3.05. The fourth-order valence-corrected chi connectivity index (χ4v) is 2.34. The van der Waals surface area contributed by atoms with Gasteiger partial charge in [-0.15, -0.1) is 0 Å². The average Bonchev–Trinajstić information content (AvgIpc) is 2.75. The summed E-state index contributed by atoms with van der Waals surface area (Å²) in [5, 5.41) is 3.01. The van der Waals surface area contributed by atoms with Crippen LogP contribution in [0.15, 0.2) is 18.3 Å². The maximum Gasteiger partial charge on any atom is 0.254 e. The average molecular weight is 282 g/mol. The number of pyridine rings is 1. The highest BCUT2D eigenvalue weighted by Gasteiger charge is 2.22. The minimum absolute atomic E-state index is 0.120. The molecular weight excluding hydrogens is 266 g/mol. The molecule has 2 amide bonds. The van der Waals surface area contributed by atoms with Crippen LogP contribution in [0.5, 0.6) is 0 Å². The van der Waals surface area contributed by atoms with E-state index >= 15 is 0 Å². The maximum atomic E-state index is 12.0. The molecule has 1 aliphatic rings. The normalized spacial score (nSPS) is 16.5. The van der Waals surface area contributed by atoms with Crippen LogP contribution < -0.4 is 5.32 Å². The topological polar surface area (TPSA) is 62.3 Å². The summed E-state index contributed by atoms with van der Waals surface area (Å²) < 4.78 is 0. The van der Waals surface area contributed by atoms with Crippen molar-refractivity contribution in [2.24, 2.45) is 0 Å². The van der Waals surface area contributed by atoms with Crippen LogP contribution in [0.4, 0.5) is 0 Å². The number of carbonyl (C=O) groups excluding carboxylic acids is 2. The number of nitrogens with zero attached hydrogens (tertiary/aromatic N) is 2. The first kappa shape index (κ1) is 13.8. The molecule has 0 aliphatic carbocycles. The van der Waals surface area contributed by atoms with Crippen LogP contribution in [0, 0.1) is 0 Å². The molecule has 0 radical (unpaired) electrons. The van der Waals surface area contributed by atoms with Gasteiger partial charge >= 0.3 is 0 Å². The van der Waals surface area contributed by atoms with E-state index in [-0.39, 0.29) is 23.0 Å². The van der Waals surface area contributed by atoms with E-state index in [9.17, 15) is 9.59 Å². The Morgan fingerprint density at radius 3 is 3.05 bits per heavy atom. The summed E-state index contributed by atoms with van der Waals surface area (Å²) in [7, 11) is 0. The van der Waals surface area contributed by atoms with Gasteiger partial charge in [0.25, 0.3) is 5.91 Å². The lowest BCUT2D eigenvalue weighted by Gasteiger charge is -2.21. The van der Waals surface area contributed by atoms with E-state index in [0.717, 1.165) is 13.0 Å². The second-order valence-electron chi connectivity index (χ2n) is 4.66. The number of nitrogens with one attached hydrogen (secondary N) is 1. The van der Waals surface area contributed by atoms with E-state index in [1.165, 1.54) is 6.20 Å². The molecule has 2 heterocycles. The molecule has 19 heavy (non-hydrogen) atoms. The van der Waals surface area contributed by atoms with E-state index in [0.29, 0.717) is 18.5 Å². The maximum absolute atomic E-state index is 12.0. The van der Waals surface area contributed by atoms with Gasteiger partial charge in [-0.1, -0.05) is 11.6 Å². The zero-order valence-corrected chi connectivity index (χ0v) is 11.5. The minimum atomic E-state index is -0.266. The van der Waals surface area contributed by atoms with E-state index in [2.05, 4.69) is 10.3 Å². The van der Waals surface area contributed by atoms with Crippen molar-refractivity contribution in [3.05, 3.63) is 29.0 Å². The third kappa shape index (κ3) is 3.44. The molecule has 5 nitrogen and oxygen atoms in total. The Kier molecular flexibility index (Phi) is 4.37. The molecular formula is C13H16ClN3O2. The molecule has 1 saturated heterocycles. The van der Waals surface area contributed by atoms with Gasteiger partial charge < -0.3 is 10.2 Å². The predicted octanol–water partition coefficient (Wildman–Crippen LogP) is 1.48. The van der Waals surface area contributed by atoms with Crippen molar-refractivity contribution in [3.8, 4) is 0 Å². The molecule has 102 valence electrons. The van der Waals surface area contributed by atoms with Gasteiger partial charge in [-0.3, -0.25) is 9.59 Å². The molecule has 2 rings (SSSR count). The molecule has 0 spiro atoms. The highest BCUT2D eigenvalue weighted by atomic mass is 35.5. The van der Waals surface area contributed by atoms with E-state index < -0.39 is 0 Å². The van der Waals surface area contributed by atoms with Crippen LogP contribution in [0.25, 0.3) is 0 Å². The van der Waals surface area contributed by atoms with Gasteiger partial charge in [0.2, 0.25) is 5.91 Å². The van der Waals surface area contributed by atoms with Crippen molar-refractivity contribution in [1.29, 1.82) is 0 Å². The van der Waals surface area contributed by atoms with E-state index in [1.54, 1.807) is 17.0 Å². The lowest BCUT2D eigenvalue weighted by molar-refractivity contribution is -0.127. The molecule has 1 atom stereocenters. The number of aromatic nitrogens is 1. The van der Waals surface area contributed by atoms with Gasteiger partial charge in [0.15, 0.2) is 0 Å². The molecule has 1 fully saturated rings. The number of halogens is 1. The highest BCUT2D eigenvalue weighted by Crippen LogP contribution is 2.12. The first-order valence-electron chi connectivity index (χ1n) is 6.27. The number of hydrogen-bond acceptors (Lipinski definition) is 3. The SMILES string of the molecule is CC(CN1CCCC1=O)NC(=O)c1cccnc1Cl. The second-order valence-corrected chi connectivity index (χ2v) is 5.02. The van der Waals surface area contributed by atoms with Gasteiger partial charge in [-0.25, -0.2) is 4.98 Å². The van der Waals surface area contributed by atoms with Crippen LogP contribution in [0.1, 0.15) is 30.1 Å². The summed E-state index contributed by atoms with van der Waals surface area (Å²) in [6.45, 7) is 3.17. The molecule has 0 bridgehead atoms. The Morgan fingerprint density at radius 1 is 1.63 bits per heavy atom. The molecule has 1 aromatic heterocycles.